The molecule has 1 aromatic heterocycles. The van der Waals surface area contributed by atoms with E-state index in [0.717, 1.165) is 23.4 Å². The van der Waals surface area contributed by atoms with Crippen molar-refractivity contribution >= 4 is 19.7 Å². The van der Waals surface area contributed by atoms with Gasteiger partial charge in [-0.15, -0.1) is 10.2 Å². The van der Waals surface area contributed by atoms with Gasteiger partial charge in [-0.1, -0.05) is 50.3 Å². The van der Waals surface area contributed by atoms with Crippen LogP contribution in [0.15, 0.2) is 36.4 Å². The van der Waals surface area contributed by atoms with Crippen molar-refractivity contribution in [1.82, 2.24) is 10.2 Å². The van der Waals surface area contributed by atoms with E-state index >= 15 is 0 Å². The van der Waals surface area contributed by atoms with Crippen LogP contribution in [0.25, 0.3) is 21.1 Å². The van der Waals surface area contributed by atoms with Gasteiger partial charge in [0.05, 0.1) is 11.7 Å². The summed E-state index contributed by atoms with van der Waals surface area (Å²) >= 11 is 1.46. The summed E-state index contributed by atoms with van der Waals surface area (Å²) in [5, 5.41) is 19.5. The van der Waals surface area contributed by atoms with Crippen LogP contribution in [0, 0.1) is 17.1 Å². The Balaban J connectivity index is 1.65. The highest BCUT2D eigenvalue weighted by Gasteiger charge is 2.41. The van der Waals surface area contributed by atoms with Gasteiger partial charge in [0.2, 0.25) is 0 Å². The lowest BCUT2D eigenvalue weighted by Gasteiger charge is -2.38. The SMILES string of the molecule is CC(C)(C)[Si](C)(C)O[C@H]1CCc2c(-c3nnc(-c4ccc(F)c(C#N)c4)s3)cccc21. The van der Waals surface area contributed by atoms with Gasteiger partial charge in [0.1, 0.15) is 21.9 Å². The lowest BCUT2D eigenvalue weighted by Crippen LogP contribution is -2.41. The zero-order valence-corrected chi connectivity index (χ0v) is 20.3. The third kappa shape index (κ3) is 4.08. The molecule has 0 aliphatic heterocycles. The molecule has 0 N–H and O–H groups in total. The van der Waals surface area contributed by atoms with Gasteiger partial charge in [-0.25, -0.2) is 4.39 Å². The summed E-state index contributed by atoms with van der Waals surface area (Å²) in [6, 6.07) is 12.7. The maximum atomic E-state index is 13.7. The van der Waals surface area contributed by atoms with Gasteiger partial charge in [-0.3, -0.25) is 0 Å². The molecule has 0 bridgehead atoms. The predicted molar refractivity (Wildman–Crippen MR) is 125 cm³/mol. The number of aromatic nitrogens is 2. The van der Waals surface area contributed by atoms with Gasteiger partial charge in [-0.2, -0.15) is 5.26 Å². The van der Waals surface area contributed by atoms with Crippen LogP contribution in [0.2, 0.25) is 18.1 Å². The summed E-state index contributed by atoms with van der Waals surface area (Å²) in [5.41, 5.74) is 4.34. The van der Waals surface area contributed by atoms with Crippen LogP contribution in [0.3, 0.4) is 0 Å². The molecule has 0 saturated carbocycles. The van der Waals surface area contributed by atoms with E-state index < -0.39 is 14.1 Å². The third-order valence-electron chi connectivity index (χ3n) is 6.45. The van der Waals surface area contributed by atoms with Crippen molar-refractivity contribution in [3.63, 3.8) is 0 Å². The monoisotopic (exact) mass is 451 g/mol. The Morgan fingerprint density at radius 3 is 2.61 bits per heavy atom. The van der Waals surface area contributed by atoms with Crippen molar-refractivity contribution in [2.45, 2.75) is 57.8 Å². The highest BCUT2D eigenvalue weighted by molar-refractivity contribution is 7.17. The summed E-state index contributed by atoms with van der Waals surface area (Å²) in [6.07, 6.45) is 2.06. The molecule has 0 radical (unpaired) electrons. The first-order chi connectivity index (χ1) is 14.6. The molecule has 4 nitrogen and oxygen atoms in total. The third-order valence-corrected chi connectivity index (χ3v) is 11.9. The first-order valence-electron chi connectivity index (χ1n) is 10.4. The minimum atomic E-state index is -1.87. The molecule has 1 atom stereocenters. The van der Waals surface area contributed by atoms with Crippen LogP contribution >= 0.6 is 11.3 Å². The van der Waals surface area contributed by atoms with Crippen molar-refractivity contribution in [1.29, 1.82) is 5.26 Å². The molecule has 31 heavy (non-hydrogen) atoms. The second-order valence-electron chi connectivity index (χ2n) is 9.50. The Kier molecular flexibility index (Phi) is 5.58. The summed E-state index contributed by atoms with van der Waals surface area (Å²) in [6.45, 7) is 11.4. The Morgan fingerprint density at radius 2 is 1.90 bits per heavy atom. The molecule has 1 aliphatic carbocycles. The van der Waals surface area contributed by atoms with Crippen molar-refractivity contribution in [2.75, 3.05) is 0 Å². The molecule has 0 unspecified atom stereocenters. The lowest BCUT2D eigenvalue weighted by molar-refractivity contribution is 0.185. The van der Waals surface area contributed by atoms with Crippen LogP contribution in [-0.4, -0.2) is 18.5 Å². The number of nitrogens with zero attached hydrogens (tertiary/aromatic N) is 3. The van der Waals surface area contributed by atoms with Crippen LogP contribution in [0.1, 0.15) is 50.0 Å². The Bertz CT molecular complexity index is 1180. The van der Waals surface area contributed by atoms with Gasteiger partial charge in [0.25, 0.3) is 0 Å². The second kappa shape index (κ2) is 7.94. The quantitative estimate of drug-likeness (QED) is 0.405. The molecule has 0 saturated heterocycles. The van der Waals surface area contributed by atoms with Gasteiger partial charge in [-0.05, 0) is 60.3 Å². The van der Waals surface area contributed by atoms with Crippen molar-refractivity contribution < 1.29 is 8.82 Å². The highest BCUT2D eigenvalue weighted by atomic mass is 32.1. The molecule has 4 rings (SSSR count). The fraction of sp³-hybridized carbons (Fsp3) is 0.375. The lowest BCUT2D eigenvalue weighted by atomic mass is 10.0. The largest absolute Gasteiger partial charge is 0.410 e. The topological polar surface area (TPSA) is 58.8 Å². The number of fused-ring (bicyclic) bond motifs is 1. The first-order valence-corrected chi connectivity index (χ1v) is 14.2. The van der Waals surface area contributed by atoms with Gasteiger partial charge >= 0.3 is 0 Å². The Hall–Kier alpha value is -2.40. The van der Waals surface area contributed by atoms with E-state index in [1.165, 1.54) is 34.6 Å². The van der Waals surface area contributed by atoms with Crippen molar-refractivity contribution in [2.24, 2.45) is 0 Å². The summed E-state index contributed by atoms with van der Waals surface area (Å²) < 4.78 is 20.4. The van der Waals surface area contributed by atoms with E-state index in [1.807, 2.05) is 6.07 Å². The normalized spacial score (nSPS) is 16.2. The van der Waals surface area contributed by atoms with E-state index in [9.17, 15) is 4.39 Å². The summed E-state index contributed by atoms with van der Waals surface area (Å²) in [4.78, 5) is 0. The highest BCUT2D eigenvalue weighted by Crippen LogP contribution is 2.46. The second-order valence-corrected chi connectivity index (χ2v) is 15.2. The Labute approximate surface area is 187 Å². The van der Waals surface area contributed by atoms with Gasteiger partial charge < -0.3 is 4.43 Å². The fourth-order valence-electron chi connectivity index (χ4n) is 3.66. The average Bonchev–Trinajstić information content (AvgIpc) is 3.35. The maximum absolute atomic E-state index is 13.7. The number of rotatable bonds is 4. The number of nitriles is 1. The Morgan fingerprint density at radius 1 is 1.16 bits per heavy atom. The van der Waals surface area contributed by atoms with Crippen LogP contribution in [0.4, 0.5) is 4.39 Å². The zero-order chi connectivity index (χ0) is 22.4. The molecule has 7 heteroatoms. The first kappa shape index (κ1) is 21.8. The molecule has 1 aliphatic rings. The van der Waals surface area contributed by atoms with Gasteiger partial charge in [0.15, 0.2) is 8.32 Å². The number of hydrogen-bond donors (Lipinski definition) is 0. The smallest absolute Gasteiger partial charge is 0.192 e. The maximum Gasteiger partial charge on any atom is 0.192 e. The van der Waals surface area contributed by atoms with Crippen molar-refractivity contribution in [3.8, 4) is 27.2 Å². The number of hydrogen-bond acceptors (Lipinski definition) is 5. The standard InChI is InChI=1S/C24H26FN3OSSi/c1-24(2,3)31(4,5)29-21-12-10-17-18(21)7-6-8-19(17)23-28-27-22(30-23)15-9-11-20(25)16(13-15)14-26/h6-9,11,13,21H,10,12H2,1-5H3/t21-/m0/s1. The molecule has 0 amide bonds. The fourth-order valence-corrected chi connectivity index (χ4v) is 5.87. The number of halogens is 1. The van der Waals surface area contributed by atoms with E-state index in [2.05, 4.69) is 62.3 Å². The average molecular weight is 452 g/mol. The molecule has 0 fully saturated rings. The van der Waals surface area contributed by atoms with E-state index in [4.69, 9.17) is 9.69 Å². The minimum absolute atomic E-state index is 0.0143. The molecule has 0 spiro atoms. The zero-order valence-electron chi connectivity index (χ0n) is 18.5. The number of benzene rings is 2. The summed E-state index contributed by atoms with van der Waals surface area (Å²) in [5.74, 6) is -0.523. The molecule has 160 valence electrons. The molecular formula is C24H26FN3OSSi. The van der Waals surface area contributed by atoms with Gasteiger partial charge in [0, 0.05) is 11.1 Å². The minimum Gasteiger partial charge on any atom is -0.410 e. The van der Waals surface area contributed by atoms with Crippen LogP contribution in [-0.2, 0) is 10.8 Å². The van der Waals surface area contributed by atoms with Crippen LogP contribution in [0.5, 0.6) is 0 Å². The summed E-state index contributed by atoms with van der Waals surface area (Å²) in [7, 11) is -1.87. The predicted octanol–water partition coefficient (Wildman–Crippen LogP) is 6.89. The molecular weight excluding hydrogens is 425 g/mol. The van der Waals surface area contributed by atoms with Crippen LogP contribution < -0.4 is 0 Å². The molecule has 2 aromatic carbocycles. The van der Waals surface area contributed by atoms with E-state index in [1.54, 1.807) is 6.07 Å². The van der Waals surface area contributed by atoms with E-state index in [-0.39, 0.29) is 16.7 Å². The van der Waals surface area contributed by atoms with E-state index in [0.29, 0.717) is 10.6 Å². The molecule has 1 heterocycles. The van der Waals surface area contributed by atoms with Crippen molar-refractivity contribution in [3.05, 3.63) is 58.9 Å². The molecule has 3 aromatic rings.